The van der Waals surface area contributed by atoms with Crippen LogP contribution in [0.25, 0.3) is 0 Å². The van der Waals surface area contributed by atoms with Crippen LogP contribution in [0, 0.1) is 11.3 Å². The van der Waals surface area contributed by atoms with E-state index >= 15 is 0 Å². The molecule has 1 aliphatic carbocycles. The van der Waals surface area contributed by atoms with Crippen molar-refractivity contribution in [2.24, 2.45) is 17.1 Å². The van der Waals surface area contributed by atoms with Crippen LogP contribution in [0.5, 0.6) is 0 Å². The van der Waals surface area contributed by atoms with Gasteiger partial charge in [0.25, 0.3) is 0 Å². The Hall–Kier alpha value is -0.0800. The van der Waals surface area contributed by atoms with Crippen LogP contribution in [-0.4, -0.2) is 30.1 Å². The molecule has 1 saturated carbocycles. The van der Waals surface area contributed by atoms with Gasteiger partial charge in [0.1, 0.15) is 0 Å². The van der Waals surface area contributed by atoms with Crippen LogP contribution in [0.2, 0.25) is 0 Å². The molecule has 2 rings (SSSR count). The minimum absolute atomic E-state index is 0.341. The second-order valence-corrected chi connectivity index (χ2v) is 7.45. The Kier molecular flexibility index (Phi) is 4.94. The Morgan fingerprint density at radius 3 is 2.37 bits per heavy atom. The minimum atomic E-state index is 0.341. The van der Waals surface area contributed by atoms with Gasteiger partial charge in [0.15, 0.2) is 0 Å². The molecule has 2 aliphatic rings. The zero-order chi connectivity index (χ0) is 13.9. The molecule has 0 bridgehead atoms. The average molecular weight is 266 g/mol. The van der Waals surface area contributed by atoms with Crippen molar-refractivity contribution in [2.75, 3.05) is 19.6 Å². The van der Waals surface area contributed by atoms with Gasteiger partial charge in [-0.1, -0.05) is 46.5 Å². The topological polar surface area (TPSA) is 29.3 Å². The molecular formula is C17H34N2. The lowest BCUT2D eigenvalue weighted by Crippen LogP contribution is -2.59. The van der Waals surface area contributed by atoms with E-state index in [1.54, 1.807) is 0 Å². The molecule has 0 aromatic heterocycles. The molecule has 0 aromatic carbocycles. The van der Waals surface area contributed by atoms with E-state index in [2.05, 4.69) is 25.7 Å². The number of nitrogens with zero attached hydrogens (tertiary/aromatic N) is 1. The van der Waals surface area contributed by atoms with Gasteiger partial charge < -0.3 is 5.73 Å². The maximum absolute atomic E-state index is 6.24. The van der Waals surface area contributed by atoms with E-state index in [1.165, 1.54) is 64.5 Å². The fraction of sp³-hybridized carbons (Fsp3) is 1.00. The second kappa shape index (κ2) is 6.13. The summed E-state index contributed by atoms with van der Waals surface area (Å²) in [4.78, 5) is 2.77. The number of nitrogens with two attached hydrogens (primary N) is 1. The standard InChI is InChI=1S/C17H34N2/c1-4-15-7-6-8-17(13-15,14-18)19-11-9-16(3,5-2)10-12-19/h15H,4-14,18H2,1-3H3. The Morgan fingerprint density at radius 2 is 1.84 bits per heavy atom. The molecule has 112 valence electrons. The van der Waals surface area contributed by atoms with Crippen LogP contribution >= 0.6 is 0 Å². The second-order valence-electron chi connectivity index (χ2n) is 7.45. The first-order valence-electron chi connectivity index (χ1n) is 8.52. The lowest BCUT2D eigenvalue weighted by Gasteiger charge is -2.52. The first-order chi connectivity index (χ1) is 9.07. The van der Waals surface area contributed by atoms with Crippen LogP contribution in [0.3, 0.4) is 0 Å². The molecule has 2 unspecified atom stereocenters. The van der Waals surface area contributed by atoms with Gasteiger partial charge >= 0.3 is 0 Å². The van der Waals surface area contributed by atoms with E-state index < -0.39 is 0 Å². The van der Waals surface area contributed by atoms with Crippen molar-refractivity contribution >= 4 is 0 Å². The van der Waals surface area contributed by atoms with E-state index in [4.69, 9.17) is 5.73 Å². The highest BCUT2D eigenvalue weighted by atomic mass is 15.2. The molecule has 0 spiro atoms. The highest BCUT2D eigenvalue weighted by Crippen LogP contribution is 2.42. The number of rotatable bonds is 4. The van der Waals surface area contributed by atoms with E-state index in [0.717, 1.165) is 12.5 Å². The molecule has 0 aromatic rings. The van der Waals surface area contributed by atoms with Crippen molar-refractivity contribution in [3.63, 3.8) is 0 Å². The Bertz CT molecular complexity index is 281. The van der Waals surface area contributed by atoms with Crippen LogP contribution in [0.15, 0.2) is 0 Å². The van der Waals surface area contributed by atoms with E-state index in [0.29, 0.717) is 11.0 Å². The molecule has 2 atom stereocenters. The molecule has 1 aliphatic heterocycles. The molecule has 1 heterocycles. The van der Waals surface area contributed by atoms with Crippen molar-refractivity contribution in [2.45, 2.75) is 77.7 Å². The highest BCUT2D eigenvalue weighted by molar-refractivity contribution is 4.99. The van der Waals surface area contributed by atoms with Gasteiger partial charge in [0, 0.05) is 12.1 Å². The summed E-state index contributed by atoms with van der Waals surface area (Å²) in [6, 6.07) is 0. The highest BCUT2D eigenvalue weighted by Gasteiger charge is 2.42. The van der Waals surface area contributed by atoms with Gasteiger partial charge in [0.05, 0.1) is 0 Å². The summed E-state index contributed by atoms with van der Waals surface area (Å²) in [7, 11) is 0. The van der Waals surface area contributed by atoms with Crippen molar-refractivity contribution in [1.82, 2.24) is 4.90 Å². The normalized spacial score (nSPS) is 36.3. The predicted molar refractivity (Wildman–Crippen MR) is 83.2 cm³/mol. The van der Waals surface area contributed by atoms with Crippen molar-refractivity contribution in [3.05, 3.63) is 0 Å². The maximum atomic E-state index is 6.24. The Balaban J connectivity index is 2.02. The van der Waals surface area contributed by atoms with Crippen molar-refractivity contribution < 1.29 is 0 Å². The smallest absolute Gasteiger partial charge is 0.0334 e. The van der Waals surface area contributed by atoms with Gasteiger partial charge in [-0.05, 0) is 50.1 Å². The van der Waals surface area contributed by atoms with Gasteiger partial charge in [0.2, 0.25) is 0 Å². The summed E-state index contributed by atoms with van der Waals surface area (Å²) in [5.41, 5.74) is 7.17. The van der Waals surface area contributed by atoms with Crippen LogP contribution in [-0.2, 0) is 0 Å². The number of piperidine rings is 1. The lowest BCUT2D eigenvalue weighted by molar-refractivity contribution is -0.0100. The Morgan fingerprint density at radius 1 is 1.16 bits per heavy atom. The number of likely N-dealkylation sites (tertiary alicyclic amines) is 1. The molecule has 2 N–H and O–H groups in total. The zero-order valence-corrected chi connectivity index (χ0v) is 13.4. The molecule has 2 fully saturated rings. The van der Waals surface area contributed by atoms with Crippen LogP contribution in [0.4, 0.5) is 0 Å². The minimum Gasteiger partial charge on any atom is -0.329 e. The number of hydrogen-bond acceptors (Lipinski definition) is 2. The molecule has 2 heteroatoms. The predicted octanol–water partition coefficient (Wildman–Crippen LogP) is 3.80. The third-order valence-corrected chi connectivity index (χ3v) is 6.38. The summed E-state index contributed by atoms with van der Waals surface area (Å²) >= 11 is 0. The third kappa shape index (κ3) is 3.16. The summed E-state index contributed by atoms with van der Waals surface area (Å²) < 4.78 is 0. The number of hydrogen-bond donors (Lipinski definition) is 1. The monoisotopic (exact) mass is 266 g/mol. The summed E-state index contributed by atoms with van der Waals surface area (Å²) in [5.74, 6) is 0.914. The van der Waals surface area contributed by atoms with Crippen molar-refractivity contribution in [1.29, 1.82) is 0 Å². The van der Waals surface area contributed by atoms with Gasteiger partial charge in [-0.3, -0.25) is 4.90 Å². The first kappa shape index (κ1) is 15.3. The van der Waals surface area contributed by atoms with Gasteiger partial charge in [-0.15, -0.1) is 0 Å². The summed E-state index contributed by atoms with van der Waals surface area (Å²) in [6.07, 6.45) is 10.9. The fourth-order valence-electron chi connectivity index (χ4n) is 4.29. The van der Waals surface area contributed by atoms with Gasteiger partial charge in [-0.2, -0.15) is 0 Å². The Labute approximate surface area is 120 Å². The molecule has 0 radical (unpaired) electrons. The molecule has 2 nitrogen and oxygen atoms in total. The first-order valence-corrected chi connectivity index (χ1v) is 8.52. The summed E-state index contributed by atoms with van der Waals surface area (Å²) in [6.45, 7) is 10.6. The molecule has 0 amide bonds. The summed E-state index contributed by atoms with van der Waals surface area (Å²) in [5, 5.41) is 0. The van der Waals surface area contributed by atoms with Crippen LogP contribution in [0.1, 0.15) is 72.1 Å². The largest absolute Gasteiger partial charge is 0.329 e. The zero-order valence-electron chi connectivity index (χ0n) is 13.4. The van der Waals surface area contributed by atoms with Crippen LogP contribution < -0.4 is 5.73 Å². The van der Waals surface area contributed by atoms with Crippen molar-refractivity contribution in [3.8, 4) is 0 Å². The van der Waals surface area contributed by atoms with E-state index in [9.17, 15) is 0 Å². The molecular weight excluding hydrogens is 232 g/mol. The average Bonchev–Trinajstić information content (AvgIpc) is 2.48. The van der Waals surface area contributed by atoms with E-state index in [-0.39, 0.29) is 0 Å². The maximum Gasteiger partial charge on any atom is 0.0334 e. The molecule has 1 saturated heterocycles. The SMILES string of the molecule is CCC1CCCC(CN)(N2CCC(C)(CC)CC2)C1. The van der Waals surface area contributed by atoms with E-state index in [1.807, 2.05) is 0 Å². The van der Waals surface area contributed by atoms with Gasteiger partial charge in [-0.25, -0.2) is 0 Å². The quantitative estimate of drug-likeness (QED) is 0.838. The fourth-order valence-corrected chi connectivity index (χ4v) is 4.29. The molecule has 19 heavy (non-hydrogen) atoms. The third-order valence-electron chi connectivity index (χ3n) is 6.38. The lowest BCUT2D eigenvalue weighted by atomic mass is 9.71.